The van der Waals surface area contributed by atoms with E-state index in [1.54, 1.807) is 24.3 Å². The zero-order valence-corrected chi connectivity index (χ0v) is 18.1. The summed E-state index contributed by atoms with van der Waals surface area (Å²) in [6, 6.07) is 14.7. The molecule has 0 radical (unpaired) electrons. The van der Waals surface area contributed by atoms with Gasteiger partial charge in [-0.05, 0) is 61.6 Å². The van der Waals surface area contributed by atoms with Gasteiger partial charge < -0.3 is 9.64 Å². The first-order chi connectivity index (χ1) is 14.5. The molecule has 1 saturated heterocycles. The average Bonchev–Trinajstić information content (AvgIpc) is 2.79. The largest absolute Gasteiger partial charge is 0.494 e. The van der Waals surface area contributed by atoms with Crippen molar-refractivity contribution >= 4 is 15.9 Å². The van der Waals surface area contributed by atoms with Crippen LogP contribution in [0.2, 0.25) is 0 Å². The molecule has 6 nitrogen and oxygen atoms in total. The number of hydrogen-bond acceptors (Lipinski definition) is 4. The summed E-state index contributed by atoms with van der Waals surface area (Å²) in [6.07, 6.45) is 2.27. The summed E-state index contributed by atoms with van der Waals surface area (Å²) in [4.78, 5) is 15.3. The number of fused-ring (bicyclic) bond motifs is 1. The van der Waals surface area contributed by atoms with E-state index in [9.17, 15) is 13.2 Å². The third kappa shape index (κ3) is 4.23. The lowest BCUT2D eigenvalue weighted by molar-refractivity contribution is -0.137. The molecular weight excluding hydrogens is 400 g/mol. The normalized spacial score (nSPS) is 19.9. The van der Waals surface area contributed by atoms with Crippen molar-refractivity contribution < 1.29 is 17.9 Å². The van der Waals surface area contributed by atoms with Gasteiger partial charge in [-0.3, -0.25) is 4.79 Å². The van der Waals surface area contributed by atoms with E-state index in [2.05, 4.69) is 12.1 Å². The van der Waals surface area contributed by atoms with Crippen molar-refractivity contribution in [2.45, 2.75) is 37.6 Å². The van der Waals surface area contributed by atoms with Crippen molar-refractivity contribution in [2.75, 3.05) is 26.2 Å². The van der Waals surface area contributed by atoms with Crippen LogP contribution in [0.1, 0.15) is 30.9 Å². The third-order valence-electron chi connectivity index (χ3n) is 5.95. The van der Waals surface area contributed by atoms with E-state index in [0.717, 1.165) is 12.8 Å². The number of carbonyl (C=O) groups excluding carboxylic acids is 1. The first kappa shape index (κ1) is 20.9. The van der Waals surface area contributed by atoms with Crippen LogP contribution in [0.3, 0.4) is 0 Å². The van der Waals surface area contributed by atoms with Gasteiger partial charge in [0.1, 0.15) is 5.75 Å². The molecule has 160 valence electrons. The minimum atomic E-state index is -3.63. The van der Waals surface area contributed by atoms with Gasteiger partial charge in [0.2, 0.25) is 15.9 Å². The van der Waals surface area contributed by atoms with Crippen molar-refractivity contribution in [3.63, 3.8) is 0 Å². The highest BCUT2D eigenvalue weighted by Crippen LogP contribution is 2.28. The maximum atomic E-state index is 13.2. The van der Waals surface area contributed by atoms with Crippen LogP contribution in [0.25, 0.3) is 0 Å². The Bertz CT molecular complexity index is 1000. The summed E-state index contributed by atoms with van der Waals surface area (Å²) in [5.74, 6) is 0.422. The van der Waals surface area contributed by atoms with E-state index >= 15 is 0 Å². The summed E-state index contributed by atoms with van der Waals surface area (Å²) in [5, 5.41) is 0. The molecule has 0 bridgehead atoms. The standard InChI is InChI=1S/C23H28N2O4S/c1-2-29-21-9-11-22(12-10-21)30(27,28)25-14-5-8-20(17-25)23(26)24-15-13-18-6-3-4-7-19(18)16-24/h3-4,6-7,9-12,20H,2,5,8,13-17H2,1H3/t20-/m1/s1. The Kier molecular flexibility index (Phi) is 6.11. The Labute approximate surface area is 178 Å². The summed E-state index contributed by atoms with van der Waals surface area (Å²) in [5.41, 5.74) is 2.48. The second-order valence-electron chi connectivity index (χ2n) is 7.89. The Balaban J connectivity index is 1.45. The maximum absolute atomic E-state index is 13.2. The van der Waals surface area contributed by atoms with Gasteiger partial charge in [-0.15, -0.1) is 0 Å². The van der Waals surface area contributed by atoms with Crippen LogP contribution < -0.4 is 4.74 Å². The van der Waals surface area contributed by atoms with Crippen LogP contribution in [-0.2, 0) is 27.8 Å². The highest BCUT2D eigenvalue weighted by atomic mass is 32.2. The molecule has 2 aromatic rings. The molecule has 0 spiro atoms. The Morgan fingerprint density at radius 3 is 2.53 bits per heavy atom. The predicted molar refractivity (Wildman–Crippen MR) is 115 cm³/mol. The van der Waals surface area contributed by atoms with Gasteiger partial charge in [-0.1, -0.05) is 24.3 Å². The number of hydrogen-bond donors (Lipinski definition) is 0. The number of sulfonamides is 1. The van der Waals surface area contributed by atoms with Gasteiger partial charge in [0, 0.05) is 26.2 Å². The van der Waals surface area contributed by atoms with Crippen molar-refractivity contribution in [2.24, 2.45) is 5.92 Å². The van der Waals surface area contributed by atoms with E-state index in [4.69, 9.17) is 4.74 Å². The van der Waals surface area contributed by atoms with Crippen LogP contribution in [-0.4, -0.2) is 49.8 Å². The topological polar surface area (TPSA) is 66.9 Å². The minimum Gasteiger partial charge on any atom is -0.494 e. The Morgan fingerprint density at radius 2 is 1.80 bits per heavy atom. The molecule has 1 fully saturated rings. The molecule has 1 atom stereocenters. The summed E-state index contributed by atoms with van der Waals surface area (Å²) in [6.45, 7) is 4.41. The molecule has 0 N–H and O–H groups in total. The van der Waals surface area contributed by atoms with E-state index < -0.39 is 10.0 Å². The summed E-state index contributed by atoms with van der Waals surface area (Å²) < 4.78 is 33.1. The first-order valence-corrected chi connectivity index (χ1v) is 12.0. The summed E-state index contributed by atoms with van der Waals surface area (Å²) >= 11 is 0. The predicted octanol–water partition coefficient (Wildman–Crippen LogP) is 3.07. The SMILES string of the molecule is CCOc1ccc(S(=O)(=O)N2CCC[C@@H](C(=O)N3CCc4ccccc4C3)C2)cc1. The molecule has 4 rings (SSSR count). The smallest absolute Gasteiger partial charge is 0.243 e. The van der Waals surface area contributed by atoms with Crippen molar-refractivity contribution in [3.8, 4) is 5.75 Å². The molecule has 30 heavy (non-hydrogen) atoms. The second-order valence-corrected chi connectivity index (χ2v) is 9.82. The first-order valence-electron chi connectivity index (χ1n) is 10.6. The third-order valence-corrected chi connectivity index (χ3v) is 7.83. The van der Waals surface area contributed by atoms with Gasteiger partial charge in [0.25, 0.3) is 0 Å². The molecule has 1 amide bonds. The van der Waals surface area contributed by atoms with Gasteiger partial charge >= 0.3 is 0 Å². The highest BCUT2D eigenvalue weighted by Gasteiger charge is 2.35. The lowest BCUT2D eigenvalue weighted by Gasteiger charge is -2.36. The monoisotopic (exact) mass is 428 g/mol. The van der Waals surface area contributed by atoms with E-state index in [1.807, 2.05) is 24.0 Å². The Morgan fingerprint density at radius 1 is 1.07 bits per heavy atom. The average molecular weight is 429 g/mol. The van der Waals surface area contributed by atoms with Crippen molar-refractivity contribution in [1.29, 1.82) is 0 Å². The zero-order chi connectivity index (χ0) is 21.1. The van der Waals surface area contributed by atoms with Gasteiger partial charge in [-0.2, -0.15) is 4.31 Å². The van der Waals surface area contributed by atoms with Gasteiger partial charge in [0.05, 0.1) is 17.4 Å². The van der Waals surface area contributed by atoms with Crippen molar-refractivity contribution in [3.05, 3.63) is 59.7 Å². The number of amides is 1. The van der Waals surface area contributed by atoms with E-state index in [0.29, 0.717) is 38.4 Å². The summed E-state index contributed by atoms with van der Waals surface area (Å²) in [7, 11) is -3.63. The molecule has 2 aliphatic heterocycles. The molecule has 2 aromatic carbocycles. The second kappa shape index (κ2) is 8.78. The number of ether oxygens (including phenoxy) is 1. The van der Waals surface area contributed by atoms with Crippen LogP contribution >= 0.6 is 0 Å². The lowest BCUT2D eigenvalue weighted by atomic mass is 9.95. The molecule has 7 heteroatoms. The quantitative estimate of drug-likeness (QED) is 0.734. The fourth-order valence-electron chi connectivity index (χ4n) is 4.33. The fraction of sp³-hybridized carbons (Fsp3) is 0.435. The molecular formula is C23H28N2O4S. The molecule has 0 aromatic heterocycles. The van der Waals surface area contributed by atoms with E-state index in [-0.39, 0.29) is 23.3 Å². The number of benzene rings is 2. The lowest BCUT2D eigenvalue weighted by Crippen LogP contribution is -2.47. The fourth-order valence-corrected chi connectivity index (χ4v) is 5.85. The molecule has 0 unspecified atom stereocenters. The highest BCUT2D eigenvalue weighted by molar-refractivity contribution is 7.89. The van der Waals surface area contributed by atoms with Crippen molar-refractivity contribution in [1.82, 2.24) is 9.21 Å². The van der Waals surface area contributed by atoms with Crippen LogP contribution in [0.15, 0.2) is 53.4 Å². The minimum absolute atomic E-state index is 0.0658. The van der Waals surface area contributed by atoms with Gasteiger partial charge in [0.15, 0.2) is 0 Å². The molecule has 2 heterocycles. The van der Waals surface area contributed by atoms with Crippen LogP contribution in [0.4, 0.5) is 0 Å². The van der Waals surface area contributed by atoms with Gasteiger partial charge in [-0.25, -0.2) is 8.42 Å². The zero-order valence-electron chi connectivity index (χ0n) is 17.3. The molecule has 2 aliphatic rings. The number of carbonyl (C=O) groups is 1. The number of piperidine rings is 1. The molecule has 0 saturated carbocycles. The van der Waals surface area contributed by atoms with Crippen LogP contribution in [0.5, 0.6) is 5.75 Å². The Hall–Kier alpha value is -2.38. The maximum Gasteiger partial charge on any atom is 0.243 e. The number of nitrogens with zero attached hydrogens (tertiary/aromatic N) is 2. The van der Waals surface area contributed by atoms with Crippen LogP contribution in [0, 0.1) is 5.92 Å². The van der Waals surface area contributed by atoms with E-state index in [1.165, 1.54) is 15.4 Å². The number of rotatable bonds is 5. The molecule has 0 aliphatic carbocycles.